The number of likely N-dealkylation sites (tertiary alicyclic amines) is 1. The smallest absolute Gasteiger partial charge is 0.336 e. The Morgan fingerprint density at radius 3 is 2.52 bits per heavy atom. The number of para-hydroxylation sites is 1. The summed E-state index contributed by atoms with van der Waals surface area (Å²) in [5.74, 6) is -0.207. The van der Waals surface area contributed by atoms with E-state index in [9.17, 15) is 15.0 Å². The van der Waals surface area contributed by atoms with E-state index in [0.29, 0.717) is 25.2 Å². The molecule has 0 spiro atoms. The van der Waals surface area contributed by atoms with Gasteiger partial charge < -0.3 is 14.9 Å². The first kappa shape index (κ1) is 15.5. The van der Waals surface area contributed by atoms with Gasteiger partial charge in [0.15, 0.2) is 0 Å². The van der Waals surface area contributed by atoms with Gasteiger partial charge in [-0.05, 0) is 23.8 Å². The largest absolute Gasteiger partial charge is 0.486 e. The van der Waals surface area contributed by atoms with E-state index in [-0.39, 0.29) is 6.10 Å². The lowest BCUT2D eigenvalue weighted by Gasteiger charge is -2.17. The molecule has 1 saturated heterocycles. The van der Waals surface area contributed by atoms with Gasteiger partial charge in [0.2, 0.25) is 0 Å². The molecule has 5 heteroatoms. The molecular formula is C18H19NO4. The standard InChI is InChI=1S/C18H19NO4/c20-16-11-19(10-13-6-4-5-9-15(13)18(21)22)12-17(16)23-14-7-2-1-3-8-14/h1-9,16-17,20H,10-12H2,(H,21,22)/t16-,17-/m1/s1. The van der Waals surface area contributed by atoms with E-state index in [0.717, 1.165) is 11.3 Å². The van der Waals surface area contributed by atoms with Gasteiger partial charge in [-0.3, -0.25) is 4.90 Å². The monoisotopic (exact) mass is 313 g/mol. The van der Waals surface area contributed by atoms with E-state index in [2.05, 4.69) is 0 Å². The summed E-state index contributed by atoms with van der Waals surface area (Å²) in [6, 6.07) is 16.3. The number of rotatable bonds is 5. The van der Waals surface area contributed by atoms with Gasteiger partial charge in [0.1, 0.15) is 18.0 Å². The lowest BCUT2D eigenvalue weighted by atomic mass is 10.1. The molecule has 3 rings (SSSR count). The molecule has 2 atom stereocenters. The zero-order valence-electron chi connectivity index (χ0n) is 12.6. The maximum Gasteiger partial charge on any atom is 0.336 e. The van der Waals surface area contributed by atoms with E-state index < -0.39 is 12.1 Å². The highest BCUT2D eigenvalue weighted by Gasteiger charge is 2.33. The molecule has 0 amide bonds. The van der Waals surface area contributed by atoms with Gasteiger partial charge in [0.25, 0.3) is 0 Å². The maximum absolute atomic E-state index is 11.3. The SMILES string of the molecule is O=C(O)c1ccccc1CN1C[C@@H](O)[C@H](Oc2ccccc2)C1. The van der Waals surface area contributed by atoms with Crippen LogP contribution < -0.4 is 4.74 Å². The fourth-order valence-corrected chi connectivity index (χ4v) is 2.86. The van der Waals surface area contributed by atoms with Crippen molar-refractivity contribution in [1.29, 1.82) is 0 Å². The summed E-state index contributed by atoms with van der Waals surface area (Å²) in [6.07, 6.45) is -0.901. The number of β-amino-alcohol motifs (C(OH)–C–C–N with tert-alkyl or cyclic N) is 1. The van der Waals surface area contributed by atoms with Crippen LogP contribution in [-0.4, -0.2) is 46.4 Å². The molecule has 2 aromatic carbocycles. The van der Waals surface area contributed by atoms with Crippen LogP contribution in [0.2, 0.25) is 0 Å². The van der Waals surface area contributed by atoms with Crippen molar-refractivity contribution < 1.29 is 19.7 Å². The number of aliphatic hydroxyl groups is 1. The lowest BCUT2D eigenvalue weighted by molar-refractivity contribution is 0.0694. The predicted octanol–water partition coefficient (Wildman–Crippen LogP) is 2.01. The van der Waals surface area contributed by atoms with Gasteiger partial charge in [-0.1, -0.05) is 36.4 Å². The maximum atomic E-state index is 11.3. The van der Waals surface area contributed by atoms with E-state index in [4.69, 9.17) is 4.74 Å². The summed E-state index contributed by atoms with van der Waals surface area (Å²) in [5, 5.41) is 19.4. The van der Waals surface area contributed by atoms with Crippen LogP contribution in [0.5, 0.6) is 5.75 Å². The Kier molecular flexibility index (Phi) is 4.60. The number of hydrogen-bond donors (Lipinski definition) is 2. The highest BCUT2D eigenvalue weighted by atomic mass is 16.5. The summed E-state index contributed by atoms with van der Waals surface area (Å²) in [4.78, 5) is 13.3. The first-order valence-corrected chi connectivity index (χ1v) is 7.57. The van der Waals surface area contributed by atoms with Crippen molar-refractivity contribution in [3.63, 3.8) is 0 Å². The van der Waals surface area contributed by atoms with Crippen LogP contribution in [0, 0.1) is 0 Å². The normalized spacial score (nSPS) is 21.3. The first-order chi connectivity index (χ1) is 11.1. The van der Waals surface area contributed by atoms with Crippen LogP contribution >= 0.6 is 0 Å². The van der Waals surface area contributed by atoms with E-state index >= 15 is 0 Å². The summed E-state index contributed by atoms with van der Waals surface area (Å²) >= 11 is 0. The second-order valence-corrected chi connectivity index (χ2v) is 5.69. The molecule has 2 N–H and O–H groups in total. The molecule has 1 fully saturated rings. The summed E-state index contributed by atoms with van der Waals surface area (Å²) in [5.41, 5.74) is 1.04. The molecule has 0 aromatic heterocycles. The summed E-state index contributed by atoms with van der Waals surface area (Å²) < 4.78 is 5.83. The molecule has 0 saturated carbocycles. The van der Waals surface area contributed by atoms with Gasteiger partial charge in [-0.2, -0.15) is 0 Å². The Hall–Kier alpha value is -2.37. The third kappa shape index (κ3) is 3.70. The fourth-order valence-electron chi connectivity index (χ4n) is 2.86. The molecule has 0 radical (unpaired) electrons. The fraction of sp³-hybridized carbons (Fsp3) is 0.278. The van der Waals surface area contributed by atoms with Crippen molar-refractivity contribution in [2.75, 3.05) is 13.1 Å². The topological polar surface area (TPSA) is 70.0 Å². The van der Waals surface area contributed by atoms with Crippen LogP contribution in [-0.2, 0) is 6.54 Å². The van der Waals surface area contributed by atoms with Gasteiger partial charge in [-0.15, -0.1) is 0 Å². The van der Waals surface area contributed by atoms with Crippen LogP contribution in [0.15, 0.2) is 54.6 Å². The molecule has 120 valence electrons. The van der Waals surface area contributed by atoms with Gasteiger partial charge >= 0.3 is 5.97 Å². The van der Waals surface area contributed by atoms with Crippen LogP contribution in [0.25, 0.3) is 0 Å². The second kappa shape index (κ2) is 6.81. The van der Waals surface area contributed by atoms with Crippen LogP contribution in [0.4, 0.5) is 0 Å². The van der Waals surface area contributed by atoms with Crippen LogP contribution in [0.1, 0.15) is 15.9 Å². The molecule has 5 nitrogen and oxygen atoms in total. The number of nitrogens with zero attached hydrogens (tertiary/aromatic N) is 1. The third-order valence-electron chi connectivity index (χ3n) is 3.98. The summed E-state index contributed by atoms with van der Waals surface area (Å²) in [7, 11) is 0. The molecule has 2 aromatic rings. The lowest BCUT2D eigenvalue weighted by Crippen LogP contribution is -2.29. The Bertz CT molecular complexity index is 674. The molecule has 23 heavy (non-hydrogen) atoms. The number of hydrogen-bond acceptors (Lipinski definition) is 4. The minimum atomic E-state index is -0.933. The first-order valence-electron chi connectivity index (χ1n) is 7.57. The van der Waals surface area contributed by atoms with Crippen molar-refractivity contribution in [3.05, 3.63) is 65.7 Å². The number of aromatic carboxylic acids is 1. The molecule has 1 aliphatic rings. The zero-order chi connectivity index (χ0) is 16.2. The highest BCUT2D eigenvalue weighted by molar-refractivity contribution is 5.89. The molecule has 1 heterocycles. The second-order valence-electron chi connectivity index (χ2n) is 5.69. The Balaban J connectivity index is 1.66. The summed E-state index contributed by atoms with van der Waals surface area (Å²) in [6.45, 7) is 1.50. The number of benzene rings is 2. The molecular weight excluding hydrogens is 294 g/mol. The minimum Gasteiger partial charge on any atom is -0.486 e. The number of carboxylic acids is 1. The average Bonchev–Trinajstić information content (AvgIpc) is 2.88. The number of carboxylic acid groups (broad SMARTS) is 1. The number of ether oxygens (including phenoxy) is 1. The van der Waals surface area contributed by atoms with Crippen molar-refractivity contribution in [2.45, 2.75) is 18.8 Å². The van der Waals surface area contributed by atoms with Crippen molar-refractivity contribution in [1.82, 2.24) is 4.90 Å². The quantitative estimate of drug-likeness (QED) is 0.883. The van der Waals surface area contributed by atoms with Gasteiger partial charge in [-0.25, -0.2) is 4.79 Å². The van der Waals surface area contributed by atoms with E-state index in [1.54, 1.807) is 18.2 Å². The van der Waals surface area contributed by atoms with E-state index in [1.165, 1.54) is 0 Å². The zero-order valence-corrected chi connectivity index (χ0v) is 12.6. The Labute approximate surface area is 134 Å². The molecule has 1 aliphatic heterocycles. The number of aliphatic hydroxyl groups excluding tert-OH is 1. The van der Waals surface area contributed by atoms with Gasteiger partial charge in [0, 0.05) is 19.6 Å². The van der Waals surface area contributed by atoms with Gasteiger partial charge in [0.05, 0.1) is 5.56 Å². The Morgan fingerprint density at radius 2 is 1.78 bits per heavy atom. The van der Waals surface area contributed by atoms with Crippen molar-refractivity contribution >= 4 is 5.97 Å². The highest BCUT2D eigenvalue weighted by Crippen LogP contribution is 2.21. The predicted molar refractivity (Wildman–Crippen MR) is 85.5 cm³/mol. The third-order valence-corrected chi connectivity index (χ3v) is 3.98. The van der Waals surface area contributed by atoms with Crippen molar-refractivity contribution in [2.24, 2.45) is 0 Å². The Morgan fingerprint density at radius 1 is 1.09 bits per heavy atom. The minimum absolute atomic E-state index is 0.300. The average molecular weight is 313 g/mol. The molecule has 0 aliphatic carbocycles. The van der Waals surface area contributed by atoms with Crippen molar-refractivity contribution in [3.8, 4) is 5.75 Å². The number of carbonyl (C=O) groups is 1. The van der Waals surface area contributed by atoms with E-state index in [1.807, 2.05) is 41.3 Å². The van der Waals surface area contributed by atoms with Crippen LogP contribution in [0.3, 0.4) is 0 Å². The molecule has 0 unspecified atom stereocenters. The molecule has 0 bridgehead atoms.